The summed E-state index contributed by atoms with van der Waals surface area (Å²) in [6.07, 6.45) is 4.23. The van der Waals surface area contributed by atoms with Crippen LogP contribution in [0.1, 0.15) is 37.1 Å². The molecular formula is C23H29NO. The average molecular weight is 335 g/mol. The van der Waals surface area contributed by atoms with Crippen LogP contribution in [0.25, 0.3) is 0 Å². The highest BCUT2D eigenvalue weighted by Gasteiger charge is 2.20. The average Bonchev–Trinajstić information content (AvgIpc) is 2.64. The molecule has 0 amide bonds. The molecule has 2 aromatic rings. The highest BCUT2D eigenvalue weighted by atomic mass is 16.5. The number of allylic oxidation sites excluding steroid dienone is 1. The van der Waals surface area contributed by atoms with Crippen LogP contribution in [-0.4, -0.2) is 13.7 Å². The Morgan fingerprint density at radius 2 is 1.56 bits per heavy atom. The minimum Gasteiger partial charge on any atom is -0.383 e. The van der Waals surface area contributed by atoms with Gasteiger partial charge >= 0.3 is 0 Å². The lowest BCUT2D eigenvalue weighted by Gasteiger charge is -2.28. The van der Waals surface area contributed by atoms with Gasteiger partial charge in [0.15, 0.2) is 0 Å². The zero-order valence-electron chi connectivity index (χ0n) is 15.5. The molecule has 0 unspecified atom stereocenters. The van der Waals surface area contributed by atoms with E-state index in [2.05, 4.69) is 80.4 Å². The van der Waals surface area contributed by atoms with Crippen LogP contribution in [0, 0.1) is 5.92 Å². The Morgan fingerprint density at radius 1 is 1.00 bits per heavy atom. The predicted octanol–water partition coefficient (Wildman–Crippen LogP) is 5.47. The molecule has 0 saturated carbocycles. The van der Waals surface area contributed by atoms with Crippen LogP contribution in [0.15, 0.2) is 85.0 Å². The van der Waals surface area contributed by atoms with E-state index in [0.717, 1.165) is 0 Å². The molecule has 0 aliphatic rings. The normalized spacial score (nSPS) is 14.3. The molecule has 0 bridgehead atoms. The predicted molar refractivity (Wildman–Crippen MR) is 106 cm³/mol. The molecular weight excluding hydrogens is 306 g/mol. The Kier molecular flexibility index (Phi) is 7.65. The molecule has 2 rings (SSSR count). The Hall–Kier alpha value is -2.16. The summed E-state index contributed by atoms with van der Waals surface area (Å²) in [6.45, 7) is 9.04. The first-order valence-corrected chi connectivity index (χ1v) is 8.84. The molecule has 0 spiro atoms. The molecule has 0 fully saturated rings. The summed E-state index contributed by atoms with van der Waals surface area (Å²) < 4.78 is 5.48. The molecule has 0 aliphatic carbocycles. The van der Waals surface area contributed by atoms with Gasteiger partial charge in [-0.25, -0.2) is 0 Å². The Morgan fingerprint density at radius 3 is 2.04 bits per heavy atom. The van der Waals surface area contributed by atoms with Crippen molar-refractivity contribution in [2.45, 2.75) is 25.9 Å². The summed E-state index contributed by atoms with van der Waals surface area (Å²) in [6, 6.07) is 21.1. The van der Waals surface area contributed by atoms with Crippen molar-refractivity contribution in [1.82, 2.24) is 5.32 Å². The summed E-state index contributed by atoms with van der Waals surface area (Å²) >= 11 is 0. The van der Waals surface area contributed by atoms with Crippen LogP contribution in [0.2, 0.25) is 0 Å². The van der Waals surface area contributed by atoms with Crippen molar-refractivity contribution >= 4 is 0 Å². The number of hydrogen-bond donors (Lipinski definition) is 1. The van der Waals surface area contributed by atoms with Crippen LogP contribution in [-0.2, 0) is 4.74 Å². The minimum absolute atomic E-state index is 0.0708. The number of ether oxygens (including phenoxy) is 1. The second-order valence-electron chi connectivity index (χ2n) is 6.54. The molecule has 0 aliphatic heterocycles. The third-order valence-electron chi connectivity index (χ3n) is 4.13. The zero-order chi connectivity index (χ0) is 18.1. The second kappa shape index (κ2) is 9.97. The smallest absolute Gasteiger partial charge is 0.0657 e. The number of benzene rings is 2. The molecule has 2 nitrogen and oxygen atoms in total. The van der Waals surface area contributed by atoms with Crippen molar-refractivity contribution in [2.24, 2.45) is 5.92 Å². The number of hydrogen-bond acceptors (Lipinski definition) is 2. The van der Waals surface area contributed by atoms with Gasteiger partial charge in [-0.05, 0) is 22.6 Å². The summed E-state index contributed by atoms with van der Waals surface area (Å²) in [4.78, 5) is 0. The van der Waals surface area contributed by atoms with Gasteiger partial charge in [0, 0.05) is 7.11 Å². The van der Waals surface area contributed by atoms with Crippen molar-refractivity contribution in [3.63, 3.8) is 0 Å². The van der Waals surface area contributed by atoms with Crippen LogP contribution < -0.4 is 5.32 Å². The van der Waals surface area contributed by atoms with Crippen molar-refractivity contribution in [1.29, 1.82) is 0 Å². The van der Waals surface area contributed by atoms with Gasteiger partial charge in [-0.2, -0.15) is 0 Å². The van der Waals surface area contributed by atoms with Gasteiger partial charge in [0.05, 0.1) is 18.7 Å². The van der Waals surface area contributed by atoms with Gasteiger partial charge in [0.25, 0.3) is 0 Å². The lowest BCUT2D eigenvalue weighted by atomic mass is 9.94. The van der Waals surface area contributed by atoms with Crippen molar-refractivity contribution in [2.75, 3.05) is 13.7 Å². The minimum atomic E-state index is 0.0708. The molecule has 0 heterocycles. The number of methoxy groups -OCH3 is 1. The van der Waals surface area contributed by atoms with E-state index in [9.17, 15) is 0 Å². The van der Waals surface area contributed by atoms with E-state index >= 15 is 0 Å². The third-order valence-corrected chi connectivity index (χ3v) is 4.13. The molecule has 0 radical (unpaired) electrons. The van der Waals surface area contributed by atoms with E-state index in [1.807, 2.05) is 18.2 Å². The monoisotopic (exact) mass is 335 g/mol. The summed E-state index contributed by atoms with van der Waals surface area (Å²) in [5, 5.41) is 3.78. The highest BCUT2D eigenvalue weighted by molar-refractivity contribution is 5.35. The Labute approximate surface area is 152 Å². The van der Waals surface area contributed by atoms with Crippen LogP contribution in [0.4, 0.5) is 0 Å². The Bertz CT molecular complexity index is 661. The van der Waals surface area contributed by atoms with Gasteiger partial charge in [-0.1, -0.05) is 93.2 Å². The third kappa shape index (κ3) is 5.70. The maximum atomic E-state index is 5.48. The maximum Gasteiger partial charge on any atom is 0.0657 e. The van der Waals surface area contributed by atoms with Gasteiger partial charge in [0.1, 0.15) is 0 Å². The fourth-order valence-corrected chi connectivity index (χ4v) is 2.99. The first-order chi connectivity index (χ1) is 12.2. The lowest BCUT2D eigenvalue weighted by Crippen LogP contribution is -2.30. The van der Waals surface area contributed by atoms with E-state index in [0.29, 0.717) is 12.5 Å². The van der Waals surface area contributed by atoms with Crippen molar-refractivity contribution in [3.05, 3.63) is 96.1 Å². The summed E-state index contributed by atoms with van der Waals surface area (Å²) in [5.74, 6) is 0.457. The van der Waals surface area contributed by atoms with Gasteiger partial charge in [-0.15, -0.1) is 0 Å². The first-order valence-electron chi connectivity index (χ1n) is 8.84. The standard InChI is InChI=1S/C23H29NO/c1-5-19(16-18(2)3)23(21-14-10-7-11-15-21)24-22(17-25-4)20-12-8-6-9-13-20/h5-16,18,22-24H,1,17H2,2-4H3/b19-16+/t22-,23+/m1/s1. The molecule has 0 aromatic heterocycles. The molecule has 132 valence electrons. The summed E-state index contributed by atoms with van der Waals surface area (Å²) in [5.41, 5.74) is 3.64. The fraction of sp³-hybridized carbons (Fsp3) is 0.304. The maximum absolute atomic E-state index is 5.48. The van der Waals surface area contributed by atoms with Crippen molar-refractivity contribution < 1.29 is 4.74 Å². The summed E-state index contributed by atoms with van der Waals surface area (Å²) in [7, 11) is 1.74. The highest BCUT2D eigenvalue weighted by Crippen LogP contribution is 2.28. The molecule has 25 heavy (non-hydrogen) atoms. The first kappa shape index (κ1) is 19.2. The molecule has 2 heteroatoms. The van der Waals surface area contributed by atoms with E-state index in [1.165, 1.54) is 16.7 Å². The van der Waals surface area contributed by atoms with E-state index in [-0.39, 0.29) is 12.1 Å². The van der Waals surface area contributed by atoms with E-state index < -0.39 is 0 Å². The van der Waals surface area contributed by atoms with Crippen LogP contribution >= 0.6 is 0 Å². The quantitative estimate of drug-likeness (QED) is 0.613. The molecule has 1 N–H and O–H groups in total. The van der Waals surface area contributed by atoms with E-state index in [1.54, 1.807) is 7.11 Å². The van der Waals surface area contributed by atoms with Gasteiger partial charge in [0.2, 0.25) is 0 Å². The van der Waals surface area contributed by atoms with Crippen LogP contribution in [0.5, 0.6) is 0 Å². The van der Waals surface area contributed by atoms with E-state index in [4.69, 9.17) is 4.74 Å². The molecule has 2 atom stereocenters. The molecule has 0 saturated heterocycles. The van der Waals surface area contributed by atoms with Gasteiger partial charge < -0.3 is 4.74 Å². The number of rotatable bonds is 9. The largest absolute Gasteiger partial charge is 0.383 e. The van der Waals surface area contributed by atoms with Gasteiger partial charge in [-0.3, -0.25) is 5.32 Å². The zero-order valence-corrected chi connectivity index (χ0v) is 15.5. The number of nitrogens with one attached hydrogen (secondary N) is 1. The lowest BCUT2D eigenvalue weighted by molar-refractivity contribution is 0.163. The van der Waals surface area contributed by atoms with Crippen molar-refractivity contribution in [3.8, 4) is 0 Å². The van der Waals surface area contributed by atoms with Crippen LogP contribution in [0.3, 0.4) is 0 Å². The Balaban J connectivity index is 2.38. The second-order valence-corrected chi connectivity index (χ2v) is 6.54. The fourth-order valence-electron chi connectivity index (χ4n) is 2.99. The molecule has 2 aromatic carbocycles. The SMILES string of the molecule is C=C/C(=C\C(C)C)[C@H](N[C@H](COC)c1ccccc1)c1ccccc1. The topological polar surface area (TPSA) is 21.3 Å².